The van der Waals surface area contributed by atoms with Gasteiger partial charge in [0.1, 0.15) is 0 Å². The number of hydrogen-bond donors (Lipinski definition) is 0. The molecule has 1 rings (SSSR count). The zero-order valence-corrected chi connectivity index (χ0v) is 9.03. The summed E-state index contributed by atoms with van der Waals surface area (Å²) in [6.07, 6.45) is 3.51. The van der Waals surface area contributed by atoms with Gasteiger partial charge in [-0.2, -0.15) is 0 Å². The standard InChI is InChI=1S/C10H17NO4/c1-9(12)14-8-15-10(13)7-11-5-3-2-4-6-11/h2-8H2,1H3. The second kappa shape index (κ2) is 6.40. The first-order valence-corrected chi connectivity index (χ1v) is 5.20. The number of carbonyl (C=O) groups is 2. The number of piperidine rings is 1. The average molecular weight is 215 g/mol. The van der Waals surface area contributed by atoms with E-state index in [2.05, 4.69) is 9.64 Å². The smallest absolute Gasteiger partial charge is 0.323 e. The molecule has 0 unspecified atom stereocenters. The molecule has 1 saturated heterocycles. The molecule has 0 aliphatic carbocycles. The van der Waals surface area contributed by atoms with E-state index in [0.717, 1.165) is 25.9 Å². The molecule has 15 heavy (non-hydrogen) atoms. The number of ether oxygens (including phenoxy) is 2. The molecule has 0 amide bonds. The van der Waals surface area contributed by atoms with E-state index in [9.17, 15) is 9.59 Å². The Hall–Kier alpha value is -1.10. The van der Waals surface area contributed by atoms with Crippen LogP contribution in [0.4, 0.5) is 0 Å². The van der Waals surface area contributed by atoms with E-state index in [1.165, 1.54) is 13.3 Å². The second-order valence-electron chi connectivity index (χ2n) is 3.61. The minimum Gasteiger partial charge on any atom is -0.428 e. The number of esters is 2. The first-order valence-electron chi connectivity index (χ1n) is 5.20. The zero-order chi connectivity index (χ0) is 11.1. The van der Waals surface area contributed by atoms with Crippen LogP contribution >= 0.6 is 0 Å². The monoisotopic (exact) mass is 215 g/mol. The van der Waals surface area contributed by atoms with E-state index in [1.54, 1.807) is 0 Å². The molecule has 0 aromatic rings. The molecule has 0 saturated carbocycles. The van der Waals surface area contributed by atoms with Gasteiger partial charge >= 0.3 is 11.9 Å². The third kappa shape index (κ3) is 5.37. The van der Waals surface area contributed by atoms with Gasteiger partial charge in [0.25, 0.3) is 0 Å². The summed E-state index contributed by atoms with van der Waals surface area (Å²) in [5.41, 5.74) is 0. The largest absolute Gasteiger partial charge is 0.428 e. The maximum atomic E-state index is 11.2. The predicted molar refractivity (Wildman–Crippen MR) is 53.0 cm³/mol. The Balaban J connectivity index is 2.09. The highest BCUT2D eigenvalue weighted by molar-refractivity contribution is 5.72. The van der Waals surface area contributed by atoms with Crippen molar-refractivity contribution in [2.45, 2.75) is 26.2 Å². The summed E-state index contributed by atoms with van der Waals surface area (Å²) < 4.78 is 9.23. The molecule has 5 heteroatoms. The van der Waals surface area contributed by atoms with Crippen LogP contribution in [0.15, 0.2) is 0 Å². The molecule has 5 nitrogen and oxygen atoms in total. The lowest BCUT2D eigenvalue weighted by Crippen LogP contribution is -2.35. The molecule has 0 radical (unpaired) electrons. The van der Waals surface area contributed by atoms with Crippen LogP contribution in [0.3, 0.4) is 0 Å². The van der Waals surface area contributed by atoms with E-state index in [0.29, 0.717) is 6.54 Å². The third-order valence-corrected chi connectivity index (χ3v) is 2.28. The van der Waals surface area contributed by atoms with Gasteiger partial charge in [0, 0.05) is 6.92 Å². The van der Waals surface area contributed by atoms with Gasteiger partial charge in [0.15, 0.2) is 0 Å². The molecule has 0 N–H and O–H groups in total. The van der Waals surface area contributed by atoms with E-state index in [1.807, 2.05) is 0 Å². The summed E-state index contributed by atoms with van der Waals surface area (Å²) >= 11 is 0. The van der Waals surface area contributed by atoms with E-state index < -0.39 is 5.97 Å². The van der Waals surface area contributed by atoms with Crippen LogP contribution in [0, 0.1) is 0 Å². The highest BCUT2D eigenvalue weighted by Crippen LogP contribution is 2.07. The Morgan fingerprint density at radius 2 is 1.80 bits per heavy atom. The van der Waals surface area contributed by atoms with Crippen LogP contribution in [0.2, 0.25) is 0 Å². The zero-order valence-electron chi connectivity index (χ0n) is 9.03. The van der Waals surface area contributed by atoms with Crippen molar-refractivity contribution in [1.82, 2.24) is 4.90 Å². The van der Waals surface area contributed by atoms with E-state index in [4.69, 9.17) is 4.74 Å². The Labute approximate surface area is 89.3 Å². The van der Waals surface area contributed by atoms with Gasteiger partial charge in [-0.3, -0.25) is 14.5 Å². The molecule has 86 valence electrons. The van der Waals surface area contributed by atoms with Crippen molar-refractivity contribution >= 4 is 11.9 Å². The summed E-state index contributed by atoms with van der Waals surface area (Å²) in [6.45, 7) is 3.19. The van der Waals surface area contributed by atoms with Crippen LogP contribution < -0.4 is 0 Å². The van der Waals surface area contributed by atoms with Crippen molar-refractivity contribution in [3.05, 3.63) is 0 Å². The maximum absolute atomic E-state index is 11.2. The molecule has 0 aromatic carbocycles. The fraction of sp³-hybridized carbons (Fsp3) is 0.800. The summed E-state index contributed by atoms with van der Waals surface area (Å²) in [5.74, 6) is -0.779. The average Bonchev–Trinajstić information content (AvgIpc) is 2.18. The van der Waals surface area contributed by atoms with E-state index in [-0.39, 0.29) is 12.8 Å². The summed E-state index contributed by atoms with van der Waals surface area (Å²) in [6, 6.07) is 0. The normalized spacial score (nSPS) is 17.1. The number of hydrogen-bond acceptors (Lipinski definition) is 5. The highest BCUT2D eigenvalue weighted by Gasteiger charge is 2.14. The minimum atomic E-state index is -0.444. The van der Waals surface area contributed by atoms with Gasteiger partial charge in [-0.05, 0) is 25.9 Å². The van der Waals surface area contributed by atoms with Crippen molar-refractivity contribution in [2.75, 3.05) is 26.4 Å². The Bertz CT molecular complexity index is 223. The number of rotatable bonds is 4. The lowest BCUT2D eigenvalue weighted by atomic mass is 10.1. The fourth-order valence-corrected chi connectivity index (χ4v) is 1.52. The number of carbonyl (C=O) groups excluding carboxylic acids is 2. The molecule has 0 spiro atoms. The SMILES string of the molecule is CC(=O)OCOC(=O)CN1CCCCC1. The molecule has 0 aromatic heterocycles. The second-order valence-corrected chi connectivity index (χ2v) is 3.61. The lowest BCUT2D eigenvalue weighted by molar-refractivity contribution is -0.166. The Kier molecular flexibility index (Phi) is 5.10. The lowest BCUT2D eigenvalue weighted by Gasteiger charge is -2.25. The van der Waals surface area contributed by atoms with Crippen molar-refractivity contribution in [3.63, 3.8) is 0 Å². The molecule has 1 heterocycles. The van der Waals surface area contributed by atoms with Gasteiger partial charge in [0.2, 0.25) is 6.79 Å². The quantitative estimate of drug-likeness (QED) is 0.506. The molecule has 1 aliphatic rings. The number of likely N-dealkylation sites (tertiary alicyclic amines) is 1. The fourth-order valence-electron chi connectivity index (χ4n) is 1.52. The van der Waals surface area contributed by atoms with Gasteiger partial charge in [0.05, 0.1) is 6.54 Å². The minimum absolute atomic E-state index is 0.276. The third-order valence-electron chi connectivity index (χ3n) is 2.28. The molecule has 0 atom stereocenters. The van der Waals surface area contributed by atoms with Crippen LogP contribution in [0.1, 0.15) is 26.2 Å². The van der Waals surface area contributed by atoms with Crippen LogP contribution in [0.5, 0.6) is 0 Å². The molecule has 0 bridgehead atoms. The maximum Gasteiger partial charge on any atom is 0.323 e. The van der Waals surface area contributed by atoms with E-state index >= 15 is 0 Å². The summed E-state index contributed by atoms with van der Waals surface area (Å²) in [5, 5.41) is 0. The first-order chi connectivity index (χ1) is 7.18. The Morgan fingerprint density at radius 1 is 1.13 bits per heavy atom. The van der Waals surface area contributed by atoms with Gasteiger partial charge in [-0.25, -0.2) is 0 Å². The summed E-state index contributed by atoms with van der Waals surface area (Å²) in [4.78, 5) is 23.7. The molecular formula is C10H17NO4. The van der Waals surface area contributed by atoms with Gasteiger partial charge < -0.3 is 9.47 Å². The van der Waals surface area contributed by atoms with Crippen molar-refractivity contribution in [2.24, 2.45) is 0 Å². The topological polar surface area (TPSA) is 55.8 Å². The van der Waals surface area contributed by atoms with Crippen LogP contribution in [-0.2, 0) is 19.1 Å². The summed E-state index contributed by atoms with van der Waals surface area (Å²) in [7, 11) is 0. The van der Waals surface area contributed by atoms with Crippen LogP contribution in [0.25, 0.3) is 0 Å². The van der Waals surface area contributed by atoms with Crippen molar-refractivity contribution in [3.8, 4) is 0 Å². The Morgan fingerprint density at radius 3 is 2.40 bits per heavy atom. The van der Waals surface area contributed by atoms with Crippen molar-refractivity contribution < 1.29 is 19.1 Å². The molecule has 1 fully saturated rings. The van der Waals surface area contributed by atoms with Crippen molar-refractivity contribution in [1.29, 1.82) is 0 Å². The number of nitrogens with zero attached hydrogens (tertiary/aromatic N) is 1. The van der Waals surface area contributed by atoms with Gasteiger partial charge in [-0.1, -0.05) is 6.42 Å². The first kappa shape index (κ1) is 12.0. The molecular weight excluding hydrogens is 198 g/mol. The molecule has 1 aliphatic heterocycles. The predicted octanol–water partition coefficient (Wildman–Crippen LogP) is 0.536. The van der Waals surface area contributed by atoms with Gasteiger partial charge in [-0.15, -0.1) is 0 Å². The highest BCUT2D eigenvalue weighted by atomic mass is 16.7. The van der Waals surface area contributed by atoms with Crippen LogP contribution in [-0.4, -0.2) is 43.3 Å².